The molecule has 0 unspecified atom stereocenters. The van der Waals surface area contributed by atoms with E-state index in [-0.39, 0.29) is 11.7 Å². The molecule has 0 fully saturated rings. The number of anilines is 1. The quantitative estimate of drug-likeness (QED) is 0.611. The van der Waals surface area contributed by atoms with Gasteiger partial charge in [0.1, 0.15) is 5.82 Å². The molecule has 3 heterocycles. The molecule has 1 aromatic carbocycles. The van der Waals surface area contributed by atoms with Gasteiger partial charge in [-0.15, -0.1) is 0 Å². The molecule has 0 saturated heterocycles. The number of pyridine rings is 1. The van der Waals surface area contributed by atoms with E-state index in [1.807, 2.05) is 6.07 Å². The molecule has 3 aromatic rings. The molecule has 3 N–H and O–H groups in total. The van der Waals surface area contributed by atoms with Crippen LogP contribution in [0.4, 0.5) is 10.2 Å². The van der Waals surface area contributed by atoms with Gasteiger partial charge in [-0.2, -0.15) is 0 Å². The first kappa shape index (κ1) is 17.7. The number of nitrogens with one attached hydrogen (secondary N) is 3. The zero-order valence-electron chi connectivity index (χ0n) is 14.8. The van der Waals surface area contributed by atoms with E-state index in [9.17, 15) is 14.0 Å². The molecule has 0 aliphatic carbocycles. The highest BCUT2D eigenvalue weighted by atomic mass is 19.1. The van der Waals surface area contributed by atoms with Crippen molar-refractivity contribution in [2.45, 2.75) is 6.42 Å². The van der Waals surface area contributed by atoms with E-state index in [0.29, 0.717) is 17.7 Å². The van der Waals surface area contributed by atoms with Crippen LogP contribution in [0.5, 0.6) is 0 Å². The van der Waals surface area contributed by atoms with E-state index < -0.39 is 11.7 Å². The van der Waals surface area contributed by atoms with Gasteiger partial charge in [0, 0.05) is 36.1 Å². The number of amides is 2. The zero-order valence-corrected chi connectivity index (χ0v) is 14.8. The predicted octanol–water partition coefficient (Wildman–Crippen LogP) is 3.31. The molecule has 6 nitrogen and oxygen atoms in total. The lowest BCUT2D eigenvalue weighted by atomic mass is 10.1. The monoisotopic (exact) mass is 376 g/mol. The minimum Gasteiger partial charge on any atom is -0.358 e. The standard InChI is InChI=1S/C21H17FN4O2/c22-16(10-13-4-2-1-3-5-13)21(28)26-19-11-14(6-8-23-19)18-12-15-17(25-18)7-9-24-20(15)27/h1-6,8,10-12,25H,7,9H2,(H,24,27)(H,23,26,28)/b16-10-. The third-order valence-corrected chi connectivity index (χ3v) is 4.43. The summed E-state index contributed by atoms with van der Waals surface area (Å²) in [6.45, 7) is 0.594. The van der Waals surface area contributed by atoms with Gasteiger partial charge in [-0.05, 0) is 29.8 Å². The maximum Gasteiger partial charge on any atom is 0.285 e. The van der Waals surface area contributed by atoms with Crippen LogP contribution in [0.25, 0.3) is 17.3 Å². The highest BCUT2D eigenvalue weighted by molar-refractivity contribution is 6.04. The Morgan fingerprint density at radius 3 is 2.79 bits per heavy atom. The fourth-order valence-electron chi connectivity index (χ4n) is 3.05. The van der Waals surface area contributed by atoms with Crippen molar-refractivity contribution >= 4 is 23.7 Å². The number of hydrogen-bond donors (Lipinski definition) is 3. The smallest absolute Gasteiger partial charge is 0.285 e. The number of rotatable bonds is 4. The molecule has 7 heteroatoms. The number of nitrogens with zero attached hydrogens (tertiary/aromatic N) is 1. The van der Waals surface area contributed by atoms with Crippen molar-refractivity contribution in [2.24, 2.45) is 0 Å². The van der Waals surface area contributed by atoms with E-state index in [1.165, 1.54) is 6.20 Å². The van der Waals surface area contributed by atoms with Crippen molar-refractivity contribution in [3.05, 3.63) is 77.4 Å². The van der Waals surface area contributed by atoms with Gasteiger partial charge in [-0.25, -0.2) is 9.37 Å². The van der Waals surface area contributed by atoms with Crippen molar-refractivity contribution < 1.29 is 14.0 Å². The molecule has 0 bridgehead atoms. The maximum atomic E-state index is 14.2. The summed E-state index contributed by atoms with van der Waals surface area (Å²) in [5.41, 5.74) is 3.55. The highest BCUT2D eigenvalue weighted by Crippen LogP contribution is 2.25. The summed E-state index contributed by atoms with van der Waals surface area (Å²) in [6, 6.07) is 13.9. The lowest BCUT2D eigenvalue weighted by Crippen LogP contribution is -2.31. The zero-order chi connectivity index (χ0) is 19.5. The number of aromatic amines is 1. The highest BCUT2D eigenvalue weighted by Gasteiger charge is 2.20. The number of carbonyl (C=O) groups excluding carboxylic acids is 2. The fraction of sp³-hybridized carbons (Fsp3) is 0.0952. The average Bonchev–Trinajstić information content (AvgIpc) is 3.15. The molecule has 0 spiro atoms. The predicted molar refractivity (Wildman–Crippen MR) is 104 cm³/mol. The number of aromatic nitrogens is 2. The minimum absolute atomic E-state index is 0.112. The molecule has 140 valence electrons. The Morgan fingerprint density at radius 1 is 1.18 bits per heavy atom. The van der Waals surface area contributed by atoms with E-state index in [2.05, 4.69) is 20.6 Å². The van der Waals surface area contributed by atoms with Crippen molar-refractivity contribution in [1.82, 2.24) is 15.3 Å². The topological polar surface area (TPSA) is 86.9 Å². The van der Waals surface area contributed by atoms with Crippen molar-refractivity contribution in [2.75, 3.05) is 11.9 Å². The van der Waals surface area contributed by atoms with E-state index in [0.717, 1.165) is 29.4 Å². The number of carbonyl (C=O) groups is 2. The number of halogens is 1. The van der Waals surface area contributed by atoms with E-state index >= 15 is 0 Å². The van der Waals surface area contributed by atoms with Gasteiger partial charge in [0.2, 0.25) is 0 Å². The summed E-state index contributed by atoms with van der Waals surface area (Å²) in [5.74, 6) is -1.68. The number of fused-ring (bicyclic) bond motifs is 1. The fourth-order valence-corrected chi connectivity index (χ4v) is 3.05. The van der Waals surface area contributed by atoms with E-state index in [1.54, 1.807) is 42.5 Å². The third kappa shape index (κ3) is 3.68. The molecule has 1 aliphatic heterocycles. The van der Waals surface area contributed by atoms with Crippen LogP contribution in [-0.4, -0.2) is 28.3 Å². The first-order chi connectivity index (χ1) is 13.6. The van der Waals surface area contributed by atoms with Crippen molar-refractivity contribution in [1.29, 1.82) is 0 Å². The van der Waals surface area contributed by atoms with Crippen LogP contribution in [0.2, 0.25) is 0 Å². The van der Waals surface area contributed by atoms with E-state index in [4.69, 9.17) is 0 Å². The largest absolute Gasteiger partial charge is 0.358 e. The molecule has 28 heavy (non-hydrogen) atoms. The van der Waals surface area contributed by atoms with Crippen LogP contribution in [0, 0.1) is 0 Å². The van der Waals surface area contributed by atoms with Gasteiger partial charge in [-0.3, -0.25) is 9.59 Å². The third-order valence-electron chi connectivity index (χ3n) is 4.43. The summed E-state index contributed by atoms with van der Waals surface area (Å²) in [6.07, 6.45) is 3.41. The number of benzene rings is 1. The Hall–Kier alpha value is -3.74. The van der Waals surface area contributed by atoms with Crippen LogP contribution in [-0.2, 0) is 11.2 Å². The molecule has 0 saturated carbocycles. The van der Waals surface area contributed by atoms with Gasteiger partial charge in [0.05, 0.1) is 5.56 Å². The Balaban J connectivity index is 1.54. The molecule has 0 radical (unpaired) electrons. The lowest BCUT2D eigenvalue weighted by molar-refractivity contribution is -0.114. The maximum absolute atomic E-state index is 14.2. The summed E-state index contributed by atoms with van der Waals surface area (Å²) >= 11 is 0. The van der Waals surface area contributed by atoms with Gasteiger partial charge < -0.3 is 15.6 Å². The first-order valence-corrected chi connectivity index (χ1v) is 8.80. The van der Waals surface area contributed by atoms with Gasteiger partial charge in [-0.1, -0.05) is 30.3 Å². The Kier molecular flexibility index (Phi) is 4.72. The molecular formula is C21H17FN4O2. The summed E-state index contributed by atoms with van der Waals surface area (Å²) in [7, 11) is 0. The Bertz CT molecular complexity index is 1070. The Labute approximate surface area is 160 Å². The summed E-state index contributed by atoms with van der Waals surface area (Å²) in [4.78, 5) is 31.3. The first-order valence-electron chi connectivity index (χ1n) is 8.80. The molecule has 2 aromatic heterocycles. The lowest BCUT2D eigenvalue weighted by Gasteiger charge is -2.10. The van der Waals surface area contributed by atoms with Gasteiger partial charge in [0.25, 0.3) is 11.8 Å². The van der Waals surface area contributed by atoms with Crippen LogP contribution in [0.3, 0.4) is 0 Å². The molecule has 0 atom stereocenters. The molecular weight excluding hydrogens is 359 g/mol. The van der Waals surface area contributed by atoms with Crippen LogP contribution in [0.15, 0.2) is 60.6 Å². The van der Waals surface area contributed by atoms with Crippen LogP contribution < -0.4 is 10.6 Å². The normalized spacial score (nSPS) is 13.6. The van der Waals surface area contributed by atoms with Crippen LogP contribution in [0.1, 0.15) is 21.6 Å². The number of hydrogen-bond acceptors (Lipinski definition) is 3. The second-order valence-corrected chi connectivity index (χ2v) is 6.37. The summed E-state index contributed by atoms with van der Waals surface area (Å²) in [5, 5.41) is 5.25. The molecule has 1 aliphatic rings. The van der Waals surface area contributed by atoms with Crippen molar-refractivity contribution in [3.8, 4) is 11.3 Å². The second-order valence-electron chi connectivity index (χ2n) is 6.37. The molecule has 2 amide bonds. The number of H-pyrrole nitrogens is 1. The Morgan fingerprint density at radius 2 is 2.00 bits per heavy atom. The SMILES string of the molecule is O=C(Nc1cc(-c2cc3c([nH]2)CCNC3=O)ccn1)/C(F)=C/c1ccccc1. The molecule has 4 rings (SSSR count). The summed E-state index contributed by atoms with van der Waals surface area (Å²) < 4.78 is 14.2. The van der Waals surface area contributed by atoms with Crippen LogP contribution >= 0.6 is 0 Å². The second kappa shape index (κ2) is 7.48. The van der Waals surface area contributed by atoms with Crippen molar-refractivity contribution in [3.63, 3.8) is 0 Å². The van der Waals surface area contributed by atoms with Gasteiger partial charge >= 0.3 is 0 Å². The van der Waals surface area contributed by atoms with Gasteiger partial charge in [0.15, 0.2) is 5.83 Å². The average molecular weight is 376 g/mol. The minimum atomic E-state index is -0.912.